The molecular formula is C25H21N3O5. The number of carbonyl (C=O) groups is 2. The third-order valence-corrected chi connectivity index (χ3v) is 5.58. The van der Waals surface area contributed by atoms with Crippen LogP contribution < -0.4 is 4.90 Å². The minimum absolute atomic E-state index is 0.0679. The number of hydrogen-bond acceptors (Lipinski definition) is 6. The summed E-state index contributed by atoms with van der Waals surface area (Å²) in [5.74, 6) is -1.90. The Bertz CT molecular complexity index is 1270. The van der Waals surface area contributed by atoms with Gasteiger partial charge in [0, 0.05) is 29.6 Å². The summed E-state index contributed by atoms with van der Waals surface area (Å²) in [6.45, 7) is 4.10. The molecule has 1 amide bonds. The third kappa shape index (κ3) is 3.98. The van der Waals surface area contributed by atoms with Crippen LogP contribution in [0.5, 0.6) is 0 Å². The molecule has 1 atom stereocenters. The molecule has 4 rings (SSSR count). The second kappa shape index (κ2) is 8.66. The molecule has 1 saturated heterocycles. The molecule has 2 heterocycles. The highest BCUT2D eigenvalue weighted by molar-refractivity contribution is 6.51. The zero-order valence-electron chi connectivity index (χ0n) is 18.0. The lowest BCUT2D eigenvalue weighted by atomic mass is 9.97. The molecule has 0 aliphatic carbocycles. The van der Waals surface area contributed by atoms with Crippen molar-refractivity contribution in [1.29, 1.82) is 0 Å². The van der Waals surface area contributed by atoms with Crippen LogP contribution in [0.4, 0.5) is 11.4 Å². The molecule has 1 aromatic heterocycles. The molecule has 1 unspecified atom stereocenters. The molecule has 1 aliphatic rings. The Morgan fingerprint density at radius 3 is 2.39 bits per heavy atom. The molecule has 0 radical (unpaired) electrons. The number of aromatic nitrogens is 1. The number of aliphatic hydroxyl groups is 1. The maximum Gasteiger partial charge on any atom is 0.300 e. The van der Waals surface area contributed by atoms with Gasteiger partial charge in [0.25, 0.3) is 17.4 Å². The monoisotopic (exact) mass is 443 g/mol. The van der Waals surface area contributed by atoms with Gasteiger partial charge in [-0.15, -0.1) is 0 Å². The summed E-state index contributed by atoms with van der Waals surface area (Å²) < 4.78 is 0. The minimum atomic E-state index is -0.990. The topological polar surface area (TPSA) is 114 Å². The first-order chi connectivity index (χ1) is 15.8. The van der Waals surface area contributed by atoms with Crippen LogP contribution in [0.15, 0.2) is 78.5 Å². The summed E-state index contributed by atoms with van der Waals surface area (Å²) in [6, 6.07) is 16.7. The van der Waals surface area contributed by atoms with E-state index in [0.29, 0.717) is 11.4 Å². The lowest BCUT2D eigenvalue weighted by Gasteiger charge is -2.25. The molecule has 0 bridgehead atoms. The average molecular weight is 443 g/mol. The molecule has 2 aromatic carbocycles. The Hall–Kier alpha value is -4.33. The number of nitro groups is 1. The number of nitro benzene ring substituents is 1. The first-order valence-electron chi connectivity index (χ1n) is 10.4. The van der Waals surface area contributed by atoms with Gasteiger partial charge in [-0.3, -0.25) is 29.6 Å². The Morgan fingerprint density at radius 1 is 1.06 bits per heavy atom. The number of rotatable bonds is 5. The molecule has 166 valence electrons. The van der Waals surface area contributed by atoms with E-state index in [-0.39, 0.29) is 22.7 Å². The van der Waals surface area contributed by atoms with E-state index in [1.807, 2.05) is 26.0 Å². The fourth-order valence-electron chi connectivity index (χ4n) is 3.86. The van der Waals surface area contributed by atoms with E-state index in [2.05, 4.69) is 4.98 Å². The van der Waals surface area contributed by atoms with Gasteiger partial charge in [0.2, 0.25) is 0 Å². The van der Waals surface area contributed by atoms with Gasteiger partial charge < -0.3 is 5.11 Å². The van der Waals surface area contributed by atoms with Crippen LogP contribution in [0.2, 0.25) is 0 Å². The molecule has 1 aliphatic heterocycles. The fourth-order valence-corrected chi connectivity index (χ4v) is 3.86. The van der Waals surface area contributed by atoms with E-state index < -0.39 is 28.4 Å². The highest BCUT2D eigenvalue weighted by atomic mass is 16.6. The predicted octanol–water partition coefficient (Wildman–Crippen LogP) is 4.74. The van der Waals surface area contributed by atoms with Crippen molar-refractivity contribution < 1.29 is 19.6 Å². The summed E-state index contributed by atoms with van der Waals surface area (Å²) in [4.78, 5) is 42.4. The number of carbonyl (C=O) groups excluding carboxylic acids is 2. The van der Waals surface area contributed by atoms with E-state index in [1.54, 1.807) is 30.3 Å². The summed E-state index contributed by atoms with van der Waals surface area (Å²) >= 11 is 0. The number of non-ortho nitro benzene ring substituents is 1. The van der Waals surface area contributed by atoms with Crippen LogP contribution in [-0.4, -0.2) is 26.7 Å². The van der Waals surface area contributed by atoms with Crippen molar-refractivity contribution in [3.8, 4) is 0 Å². The Kier molecular flexibility index (Phi) is 5.74. The lowest BCUT2D eigenvalue weighted by Crippen LogP contribution is -2.29. The number of amides is 1. The second-order valence-corrected chi connectivity index (χ2v) is 7.98. The van der Waals surface area contributed by atoms with Crippen molar-refractivity contribution >= 4 is 28.8 Å². The highest BCUT2D eigenvalue weighted by Crippen LogP contribution is 2.41. The number of hydrogen-bond donors (Lipinski definition) is 1. The molecule has 0 saturated carbocycles. The van der Waals surface area contributed by atoms with Crippen LogP contribution >= 0.6 is 0 Å². The summed E-state index contributed by atoms with van der Waals surface area (Å²) in [7, 11) is 0. The van der Waals surface area contributed by atoms with Gasteiger partial charge in [-0.2, -0.15) is 0 Å². The number of benzene rings is 2. The molecule has 1 N–H and O–H groups in total. The Labute approximate surface area is 190 Å². The van der Waals surface area contributed by atoms with Crippen LogP contribution in [0, 0.1) is 10.1 Å². The normalized spacial score (nSPS) is 17.5. The molecule has 0 spiro atoms. The highest BCUT2D eigenvalue weighted by Gasteiger charge is 2.47. The van der Waals surface area contributed by atoms with E-state index in [0.717, 1.165) is 11.6 Å². The van der Waals surface area contributed by atoms with Gasteiger partial charge in [-0.25, -0.2) is 0 Å². The van der Waals surface area contributed by atoms with E-state index in [9.17, 15) is 24.8 Å². The summed E-state index contributed by atoms with van der Waals surface area (Å²) in [6.07, 6.45) is 1.53. The molecule has 8 heteroatoms. The third-order valence-electron chi connectivity index (χ3n) is 5.58. The first-order valence-corrected chi connectivity index (χ1v) is 10.4. The van der Waals surface area contributed by atoms with Crippen molar-refractivity contribution in [3.63, 3.8) is 0 Å². The van der Waals surface area contributed by atoms with Gasteiger partial charge >= 0.3 is 0 Å². The van der Waals surface area contributed by atoms with Crippen molar-refractivity contribution in [2.75, 3.05) is 4.90 Å². The van der Waals surface area contributed by atoms with E-state index in [4.69, 9.17) is 0 Å². The van der Waals surface area contributed by atoms with Gasteiger partial charge in [-0.1, -0.05) is 44.2 Å². The van der Waals surface area contributed by atoms with Gasteiger partial charge in [0.15, 0.2) is 0 Å². The molecular weight excluding hydrogens is 422 g/mol. The first kappa shape index (κ1) is 21.9. The molecule has 8 nitrogen and oxygen atoms in total. The number of Topliss-reactive ketones (excluding diaryl/α,β-unsaturated/α-hetero) is 1. The molecule has 33 heavy (non-hydrogen) atoms. The Morgan fingerprint density at radius 2 is 1.79 bits per heavy atom. The number of aliphatic hydroxyl groups excluding tert-OH is 1. The van der Waals surface area contributed by atoms with E-state index in [1.165, 1.54) is 29.3 Å². The summed E-state index contributed by atoms with van der Waals surface area (Å²) in [5, 5.41) is 22.2. The predicted molar refractivity (Wildman–Crippen MR) is 123 cm³/mol. The van der Waals surface area contributed by atoms with Crippen LogP contribution in [-0.2, 0) is 9.59 Å². The van der Waals surface area contributed by atoms with Crippen LogP contribution in [0.25, 0.3) is 5.76 Å². The number of nitrogens with zero attached hydrogens (tertiary/aromatic N) is 3. The fraction of sp³-hybridized carbons (Fsp3) is 0.160. The molecule has 3 aromatic rings. The summed E-state index contributed by atoms with van der Waals surface area (Å²) in [5.41, 5.74) is 1.59. The van der Waals surface area contributed by atoms with Crippen molar-refractivity contribution in [2.24, 2.45) is 0 Å². The quantitative estimate of drug-likeness (QED) is 0.200. The zero-order valence-corrected chi connectivity index (χ0v) is 18.0. The second-order valence-electron chi connectivity index (χ2n) is 7.98. The number of pyridine rings is 1. The van der Waals surface area contributed by atoms with Gasteiger partial charge in [0.05, 0.1) is 16.2 Å². The number of ketones is 1. The lowest BCUT2D eigenvalue weighted by molar-refractivity contribution is -0.384. The standard InChI is InChI=1S/C25H21N3O5/c1-15(2)16-9-11-18(12-10-16)27-22(20-8-3-4-13-26-20)21(24(30)25(27)31)23(29)17-6-5-7-19(14-17)28(32)33/h3-15,22,29H,1-2H3/b23-21-. The van der Waals surface area contributed by atoms with Crippen LogP contribution in [0.3, 0.4) is 0 Å². The Balaban J connectivity index is 1.90. The maximum atomic E-state index is 13.1. The van der Waals surface area contributed by atoms with E-state index >= 15 is 0 Å². The SMILES string of the molecule is CC(C)c1ccc(N2C(=O)C(=O)/C(=C(\O)c3cccc([N+](=O)[O-])c3)C2c2ccccn2)cc1. The zero-order chi connectivity index (χ0) is 23.7. The van der Waals surface area contributed by atoms with Crippen molar-refractivity contribution in [1.82, 2.24) is 4.98 Å². The van der Waals surface area contributed by atoms with Crippen molar-refractivity contribution in [2.45, 2.75) is 25.8 Å². The number of anilines is 1. The van der Waals surface area contributed by atoms with Crippen molar-refractivity contribution in [3.05, 3.63) is 105 Å². The minimum Gasteiger partial charge on any atom is -0.507 e. The maximum absolute atomic E-state index is 13.1. The molecule has 1 fully saturated rings. The van der Waals surface area contributed by atoms with Crippen LogP contribution in [0.1, 0.15) is 42.6 Å². The smallest absolute Gasteiger partial charge is 0.300 e. The average Bonchev–Trinajstić information content (AvgIpc) is 3.09. The van der Waals surface area contributed by atoms with Gasteiger partial charge in [-0.05, 0) is 35.7 Å². The largest absolute Gasteiger partial charge is 0.507 e. The van der Waals surface area contributed by atoms with Gasteiger partial charge in [0.1, 0.15) is 11.8 Å².